The van der Waals surface area contributed by atoms with Crippen LogP contribution < -0.4 is 10.2 Å². The molecular weight excluding hydrogens is 351 g/mol. The van der Waals surface area contributed by atoms with Gasteiger partial charge in [0, 0.05) is 52.7 Å². The average molecular weight is 373 g/mol. The predicted octanol–water partition coefficient (Wildman–Crippen LogP) is 0.195. The van der Waals surface area contributed by atoms with Crippen LogP contribution in [0.15, 0.2) is 23.5 Å². The van der Waals surface area contributed by atoms with Crippen LogP contribution in [0.3, 0.4) is 0 Å². The molecule has 1 aliphatic heterocycles. The van der Waals surface area contributed by atoms with Crippen molar-refractivity contribution in [3.8, 4) is 0 Å². The Balaban J connectivity index is 1.82. The van der Waals surface area contributed by atoms with Crippen LogP contribution in [0.4, 0.5) is 19.1 Å². The highest BCUT2D eigenvalue weighted by atomic mass is 19.4. The molecule has 2 rings (SSSR count). The quantitative estimate of drug-likeness (QED) is 0.600. The fraction of sp³-hybridized carbons (Fsp3) is 0.600. The van der Waals surface area contributed by atoms with Crippen LogP contribution in [0.1, 0.15) is 0 Å². The molecule has 1 saturated heterocycles. The molecule has 0 spiro atoms. The summed E-state index contributed by atoms with van der Waals surface area (Å²) in [4.78, 5) is 29.0. The van der Waals surface area contributed by atoms with Crippen molar-refractivity contribution in [2.75, 3.05) is 58.3 Å². The van der Waals surface area contributed by atoms with Crippen molar-refractivity contribution >= 4 is 17.8 Å². The maximum absolute atomic E-state index is 12.3. The summed E-state index contributed by atoms with van der Waals surface area (Å²) in [5.74, 6) is 0.478. The van der Waals surface area contributed by atoms with Crippen molar-refractivity contribution in [2.45, 2.75) is 6.18 Å². The minimum atomic E-state index is -4.41. The highest BCUT2D eigenvalue weighted by Gasteiger charge is 2.31. The predicted molar refractivity (Wildman–Crippen MR) is 90.9 cm³/mol. The number of carbonyl (C=O) groups is 1. The smallest absolute Gasteiger partial charge is 0.347 e. The summed E-state index contributed by atoms with van der Waals surface area (Å²) in [6.45, 7) is 1.08. The third kappa shape index (κ3) is 5.74. The first kappa shape index (κ1) is 19.7. The molecule has 0 unspecified atom stereocenters. The van der Waals surface area contributed by atoms with Gasteiger partial charge >= 0.3 is 6.18 Å². The summed E-state index contributed by atoms with van der Waals surface area (Å²) in [5.41, 5.74) is 0. The van der Waals surface area contributed by atoms with Crippen molar-refractivity contribution < 1.29 is 18.0 Å². The zero-order valence-electron chi connectivity index (χ0n) is 14.7. The lowest BCUT2D eigenvalue weighted by atomic mass is 10.3. The van der Waals surface area contributed by atoms with Crippen LogP contribution in [-0.2, 0) is 4.79 Å². The summed E-state index contributed by atoms with van der Waals surface area (Å²) < 4.78 is 37.0. The van der Waals surface area contributed by atoms with Crippen molar-refractivity contribution in [2.24, 2.45) is 4.99 Å². The maximum atomic E-state index is 12.3. The van der Waals surface area contributed by atoms with Gasteiger partial charge in [-0.2, -0.15) is 13.2 Å². The van der Waals surface area contributed by atoms with Crippen LogP contribution in [0.2, 0.25) is 0 Å². The largest absolute Gasteiger partial charge is 0.406 e. The van der Waals surface area contributed by atoms with Crippen LogP contribution in [-0.4, -0.2) is 91.2 Å². The zero-order valence-corrected chi connectivity index (χ0v) is 14.7. The fourth-order valence-electron chi connectivity index (χ4n) is 2.55. The van der Waals surface area contributed by atoms with E-state index < -0.39 is 18.6 Å². The van der Waals surface area contributed by atoms with E-state index in [1.165, 1.54) is 0 Å². The lowest BCUT2D eigenvalue weighted by molar-refractivity contribution is -0.157. The summed E-state index contributed by atoms with van der Waals surface area (Å²) in [6, 6.07) is 1.75. The fourth-order valence-corrected chi connectivity index (χ4v) is 2.55. The van der Waals surface area contributed by atoms with Gasteiger partial charge in [0.15, 0.2) is 5.96 Å². The Bertz CT molecular complexity index is 615. The number of amides is 1. The minimum Gasteiger partial charge on any atom is -0.347 e. The lowest BCUT2D eigenvalue weighted by Crippen LogP contribution is -2.54. The number of aromatic nitrogens is 2. The van der Waals surface area contributed by atoms with Crippen molar-refractivity contribution in [1.82, 2.24) is 25.1 Å². The summed E-state index contributed by atoms with van der Waals surface area (Å²) in [6.07, 6.45) is -1.06. The number of rotatable bonds is 4. The molecule has 1 N–H and O–H groups in total. The second-order valence-electron chi connectivity index (χ2n) is 5.79. The normalized spacial score (nSPS) is 15.8. The average Bonchev–Trinajstić information content (AvgIpc) is 2.62. The first-order valence-corrected chi connectivity index (χ1v) is 8.08. The first-order valence-electron chi connectivity index (χ1n) is 8.08. The van der Waals surface area contributed by atoms with Gasteiger partial charge in [-0.3, -0.25) is 9.79 Å². The molecule has 1 aliphatic rings. The Hall–Kier alpha value is -2.59. The molecule has 1 amide bonds. The van der Waals surface area contributed by atoms with E-state index in [4.69, 9.17) is 0 Å². The number of piperazine rings is 1. The van der Waals surface area contributed by atoms with Crippen molar-refractivity contribution in [1.29, 1.82) is 0 Å². The van der Waals surface area contributed by atoms with Gasteiger partial charge in [0.1, 0.15) is 6.54 Å². The summed E-state index contributed by atoms with van der Waals surface area (Å²) in [5, 5.41) is 2.83. The monoisotopic (exact) mass is 373 g/mol. The molecule has 0 saturated carbocycles. The highest BCUT2D eigenvalue weighted by molar-refractivity contribution is 5.86. The Morgan fingerprint density at radius 1 is 1.27 bits per heavy atom. The van der Waals surface area contributed by atoms with Gasteiger partial charge in [-0.25, -0.2) is 9.97 Å². The van der Waals surface area contributed by atoms with E-state index in [-0.39, 0.29) is 6.54 Å². The van der Waals surface area contributed by atoms with Crippen LogP contribution in [0.5, 0.6) is 0 Å². The first-order chi connectivity index (χ1) is 12.3. The van der Waals surface area contributed by atoms with E-state index in [9.17, 15) is 18.0 Å². The van der Waals surface area contributed by atoms with E-state index in [0.29, 0.717) is 43.0 Å². The Kier molecular flexibility index (Phi) is 6.58. The number of carbonyl (C=O) groups excluding carboxylic acids is 1. The number of nitrogens with one attached hydrogen (secondary N) is 1. The molecule has 0 radical (unpaired) electrons. The molecule has 0 bridgehead atoms. The molecule has 1 aromatic rings. The number of alkyl halides is 3. The van der Waals surface area contributed by atoms with Gasteiger partial charge in [0.05, 0.1) is 6.54 Å². The van der Waals surface area contributed by atoms with Gasteiger partial charge in [-0.15, -0.1) is 0 Å². The highest BCUT2D eigenvalue weighted by Crippen LogP contribution is 2.15. The van der Waals surface area contributed by atoms with Crippen LogP contribution in [0.25, 0.3) is 0 Å². The second-order valence-corrected chi connectivity index (χ2v) is 5.79. The molecule has 11 heteroatoms. The second kappa shape index (κ2) is 8.68. The van der Waals surface area contributed by atoms with Gasteiger partial charge in [-0.05, 0) is 6.07 Å². The third-order valence-corrected chi connectivity index (χ3v) is 3.87. The molecule has 8 nitrogen and oxygen atoms in total. The number of likely N-dealkylation sites (N-methyl/N-ethyl adjacent to an activating group) is 1. The molecule has 0 aromatic carbocycles. The van der Waals surface area contributed by atoms with E-state index in [1.807, 2.05) is 9.80 Å². The molecule has 0 aliphatic carbocycles. The lowest BCUT2D eigenvalue weighted by Gasteiger charge is -2.36. The number of aliphatic imine (C=N–C) groups is 1. The molecule has 2 heterocycles. The van der Waals surface area contributed by atoms with Crippen LogP contribution in [0, 0.1) is 0 Å². The van der Waals surface area contributed by atoms with Crippen molar-refractivity contribution in [3.05, 3.63) is 18.5 Å². The molecular formula is C15H22F3N7O. The van der Waals surface area contributed by atoms with E-state index in [0.717, 1.165) is 7.05 Å². The number of guanidine groups is 1. The molecule has 1 fully saturated rings. The van der Waals surface area contributed by atoms with Crippen molar-refractivity contribution in [3.63, 3.8) is 0 Å². The van der Waals surface area contributed by atoms with E-state index in [1.54, 1.807) is 25.5 Å². The zero-order chi connectivity index (χ0) is 19.2. The summed E-state index contributed by atoms with van der Waals surface area (Å²) in [7, 11) is 2.69. The minimum absolute atomic E-state index is 0.249. The number of hydrogen-bond acceptors (Lipinski definition) is 5. The molecule has 26 heavy (non-hydrogen) atoms. The third-order valence-electron chi connectivity index (χ3n) is 3.87. The summed E-state index contributed by atoms with van der Waals surface area (Å²) >= 11 is 0. The number of hydrogen-bond donors (Lipinski definition) is 1. The Morgan fingerprint density at radius 3 is 2.42 bits per heavy atom. The topological polar surface area (TPSA) is 77.0 Å². The van der Waals surface area contributed by atoms with Crippen LogP contribution >= 0.6 is 0 Å². The van der Waals surface area contributed by atoms with Gasteiger partial charge in [0.2, 0.25) is 11.9 Å². The number of nitrogens with zero attached hydrogens (tertiary/aromatic N) is 6. The van der Waals surface area contributed by atoms with Gasteiger partial charge < -0.3 is 20.0 Å². The number of anilines is 1. The van der Waals surface area contributed by atoms with E-state index in [2.05, 4.69) is 20.3 Å². The maximum Gasteiger partial charge on any atom is 0.406 e. The molecule has 1 aromatic heterocycles. The van der Waals surface area contributed by atoms with Gasteiger partial charge in [0.25, 0.3) is 0 Å². The van der Waals surface area contributed by atoms with Gasteiger partial charge in [-0.1, -0.05) is 0 Å². The Morgan fingerprint density at radius 2 is 1.88 bits per heavy atom. The number of halogens is 3. The molecule has 0 atom stereocenters. The Labute approximate surface area is 149 Å². The molecule has 144 valence electrons. The van der Waals surface area contributed by atoms with E-state index >= 15 is 0 Å². The SMILES string of the molecule is CN=C(NCC(=O)N(C)CC(F)(F)F)N1CCN(c2ncccn2)CC1. The standard InChI is InChI=1S/C15H22F3N7O/c1-19-13(22-10-12(26)23(2)11-15(16,17)18)24-6-8-25(9-7-24)14-20-4-3-5-21-14/h3-5H,6-11H2,1-2H3,(H,19,22).